The molecule has 0 aliphatic rings. The first-order chi connectivity index (χ1) is 3.72. The lowest BCUT2D eigenvalue weighted by atomic mass is 10.1. The number of oxime groups is 1. The number of hydrogen-bond donors (Lipinski definition) is 1. The predicted molar refractivity (Wildman–Crippen MR) is 34.4 cm³/mol. The number of rotatable bonds is 2. The minimum absolute atomic E-state index is 0.380. The Morgan fingerprint density at radius 3 is 2.12 bits per heavy atom. The van der Waals surface area contributed by atoms with Crippen LogP contribution in [0.3, 0.4) is 0 Å². The van der Waals surface area contributed by atoms with Crippen LogP contribution in [0.5, 0.6) is 0 Å². The van der Waals surface area contributed by atoms with Gasteiger partial charge in [-0.05, 0) is 12.3 Å². The Balaban J connectivity index is 3.72. The lowest BCUT2D eigenvalue weighted by Gasteiger charge is -2.01. The highest BCUT2D eigenvalue weighted by Gasteiger charge is 2.00. The van der Waals surface area contributed by atoms with Crippen LogP contribution in [-0.4, -0.2) is 10.9 Å². The zero-order valence-electron chi connectivity index (χ0n) is 5.68. The van der Waals surface area contributed by atoms with E-state index in [1.165, 1.54) is 0 Å². The number of hydrogen-bond acceptors (Lipinski definition) is 2. The van der Waals surface area contributed by atoms with Crippen molar-refractivity contribution in [1.82, 2.24) is 0 Å². The molecular weight excluding hydrogens is 102 g/mol. The minimum Gasteiger partial charge on any atom is -0.411 e. The van der Waals surface area contributed by atoms with Crippen molar-refractivity contribution in [1.29, 1.82) is 0 Å². The molecule has 8 heavy (non-hydrogen) atoms. The van der Waals surface area contributed by atoms with Crippen molar-refractivity contribution in [3.05, 3.63) is 0 Å². The monoisotopic (exact) mass is 115 g/mol. The first kappa shape index (κ1) is 7.47. The summed E-state index contributed by atoms with van der Waals surface area (Å²) in [6.45, 7) is 6.01. The fourth-order valence-electron chi connectivity index (χ4n) is 0.594. The third-order valence-electron chi connectivity index (χ3n) is 1.16. The van der Waals surface area contributed by atoms with E-state index >= 15 is 0 Å². The van der Waals surface area contributed by atoms with Gasteiger partial charge in [-0.3, -0.25) is 0 Å². The molecule has 0 unspecified atom stereocenters. The van der Waals surface area contributed by atoms with Crippen LogP contribution in [0, 0.1) is 5.92 Å². The molecule has 0 spiro atoms. The molecular formula is C6H13NO. The Morgan fingerprint density at radius 1 is 1.62 bits per heavy atom. The van der Waals surface area contributed by atoms with Crippen LogP contribution in [0.2, 0.25) is 0 Å². The summed E-state index contributed by atoms with van der Waals surface area (Å²) < 4.78 is 0. The van der Waals surface area contributed by atoms with Crippen molar-refractivity contribution in [2.45, 2.75) is 27.2 Å². The van der Waals surface area contributed by atoms with Crippen LogP contribution in [0.1, 0.15) is 27.2 Å². The van der Waals surface area contributed by atoms with Gasteiger partial charge < -0.3 is 5.21 Å². The van der Waals surface area contributed by atoms with Gasteiger partial charge in [0.05, 0.1) is 5.71 Å². The number of nitrogens with zero attached hydrogens (tertiary/aromatic N) is 1. The van der Waals surface area contributed by atoms with Crippen LogP contribution in [0.25, 0.3) is 0 Å². The molecule has 0 atom stereocenters. The van der Waals surface area contributed by atoms with E-state index in [4.69, 9.17) is 5.21 Å². The summed E-state index contributed by atoms with van der Waals surface area (Å²) in [5, 5.41) is 11.4. The van der Waals surface area contributed by atoms with Crippen LogP contribution in [0.4, 0.5) is 0 Å². The molecule has 0 bridgehead atoms. The van der Waals surface area contributed by atoms with Gasteiger partial charge in [-0.1, -0.05) is 25.9 Å². The molecule has 0 rings (SSSR count). The molecule has 0 radical (unpaired) electrons. The van der Waals surface area contributed by atoms with E-state index < -0.39 is 0 Å². The minimum atomic E-state index is 0.380. The van der Waals surface area contributed by atoms with Crippen molar-refractivity contribution < 1.29 is 5.21 Å². The highest BCUT2D eigenvalue weighted by atomic mass is 16.4. The molecule has 0 fully saturated rings. The van der Waals surface area contributed by atoms with Crippen LogP contribution in [-0.2, 0) is 0 Å². The molecule has 0 saturated carbocycles. The Labute approximate surface area is 50.2 Å². The summed E-state index contributed by atoms with van der Waals surface area (Å²) in [5.41, 5.74) is 0.866. The summed E-state index contributed by atoms with van der Waals surface area (Å²) in [7, 11) is 0. The summed E-state index contributed by atoms with van der Waals surface area (Å²) >= 11 is 0. The van der Waals surface area contributed by atoms with Gasteiger partial charge >= 0.3 is 0 Å². The van der Waals surface area contributed by atoms with Gasteiger partial charge in [-0.2, -0.15) is 0 Å². The largest absolute Gasteiger partial charge is 0.411 e. The van der Waals surface area contributed by atoms with Crippen molar-refractivity contribution in [2.75, 3.05) is 0 Å². The Morgan fingerprint density at radius 2 is 2.12 bits per heavy atom. The molecule has 48 valence electrons. The quantitative estimate of drug-likeness (QED) is 0.332. The molecule has 0 aromatic heterocycles. The normalized spacial score (nSPS) is 12.8. The van der Waals surface area contributed by atoms with Gasteiger partial charge in [-0.15, -0.1) is 0 Å². The molecule has 0 aromatic carbocycles. The van der Waals surface area contributed by atoms with Gasteiger partial charge in [0.1, 0.15) is 0 Å². The van der Waals surface area contributed by atoms with E-state index in [-0.39, 0.29) is 0 Å². The van der Waals surface area contributed by atoms with Crippen molar-refractivity contribution >= 4 is 5.71 Å². The fraction of sp³-hybridized carbons (Fsp3) is 0.833. The lowest BCUT2D eigenvalue weighted by Crippen LogP contribution is -2.04. The van der Waals surface area contributed by atoms with Crippen LogP contribution in [0.15, 0.2) is 5.16 Å². The average Bonchev–Trinajstić information content (AvgIpc) is 1.69. The molecule has 2 nitrogen and oxygen atoms in total. The van der Waals surface area contributed by atoms with Crippen LogP contribution < -0.4 is 0 Å². The molecule has 0 heterocycles. The Hall–Kier alpha value is -0.530. The van der Waals surface area contributed by atoms with E-state index in [0.29, 0.717) is 5.92 Å². The molecule has 0 aliphatic carbocycles. The highest BCUT2D eigenvalue weighted by Crippen LogP contribution is 1.99. The first-order valence-electron chi connectivity index (χ1n) is 2.93. The van der Waals surface area contributed by atoms with Gasteiger partial charge in [0.25, 0.3) is 0 Å². The van der Waals surface area contributed by atoms with Crippen LogP contribution >= 0.6 is 0 Å². The van der Waals surface area contributed by atoms with Gasteiger partial charge in [0, 0.05) is 0 Å². The molecule has 0 saturated heterocycles. The van der Waals surface area contributed by atoms with Gasteiger partial charge in [0.2, 0.25) is 0 Å². The first-order valence-corrected chi connectivity index (χ1v) is 2.93. The molecule has 0 aromatic rings. The molecule has 0 amide bonds. The molecule has 1 N–H and O–H groups in total. The zero-order chi connectivity index (χ0) is 6.57. The van der Waals surface area contributed by atoms with Crippen molar-refractivity contribution in [3.8, 4) is 0 Å². The summed E-state index contributed by atoms with van der Waals surface area (Å²) in [6.07, 6.45) is 0.841. The second-order valence-corrected chi connectivity index (χ2v) is 2.10. The smallest absolute Gasteiger partial charge is 0.0593 e. The second-order valence-electron chi connectivity index (χ2n) is 2.10. The second kappa shape index (κ2) is 3.47. The summed E-state index contributed by atoms with van der Waals surface area (Å²) in [4.78, 5) is 0. The third-order valence-corrected chi connectivity index (χ3v) is 1.16. The SMILES string of the molecule is CCC(=NO)C(C)C. The summed E-state index contributed by atoms with van der Waals surface area (Å²) in [6, 6.07) is 0. The maximum absolute atomic E-state index is 8.28. The third kappa shape index (κ3) is 1.96. The maximum Gasteiger partial charge on any atom is 0.0593 e. The van der Waals surface area contributed by atoms with Gasteiger partial charge in [0.15, 0.2) is 0 Å². The van der Waals surface area contributed by atoms with Gasteiger partial charge in [-0.25, -0.2) is 0 Å². The predicted octanol–water partition coefficient (Wildman–Crippen LogP) is 1.88. The fourth-order valence-corrected chi connectivity index (χ4v) is 0.594. The lowest BCUT2D eigenvalue weighted by molar-refractivity contribution is 0.314. The van der Waals surface area contributed by atoms with E-state index in [2.05, 4.69) is 5.16 Å². The molecule has 0 aliphatic heterocycles. The summed E-state index contributed by atoms with van der Waals surface area (Å²) in [5.74, 6) is 0.380. The van der Waals surface area contributed by atoms with Crippen molar-refractivity contribution in [3.63, 3.8) is 0 Å². The van der Waals surface area contributed by atoms with E-state index in [1.807, 2.05) is 20.8 Å². The molecule has 2 heteroatoms. The Kier molecular flexibility index (Phi) is 3.24. The highest BCUT2D eigenvalue weighted by molar-refractivity contribution is 5.85. The van der Waals surface area contributed by atoms with E-state index in [9.17, 15) is 0 Å². The zero-order valence-corrected chi connectivity index (χ0v) is 5.68. The maximum atomic E-state index is 8.28. The average molecular weight is 115 g/mol. The van der Waals surface area contributed by atoms with Crippen molar-refractivity contribution in [2.24, 2.45) is 11.1 Å². The van der Waals surface area contributed by atoms with E-state index in [1.54, 1.807) is 0 Å². The van der Waals surface area contributed by atoms with E-state index in [0.717, 1.165) is 12.1 Å². The topological polar surface area (TPSA) is 32.6 Å². The Bertz CT molecular complexity index is 86.5. The standard InChI is InChI=1S/C6H13NO/c1-4-6(7-8)5(2)3/h5,8H,4H2,1-3H3.